The third-order valence-corrected chi connectivity index (χ3v) is 8.33. The molecule has 44 heavy (non-hydrogen) atoms. The van der Waals surface area contributed by atoms with Gasteiger partial charge in [0.05, 0.1) is 12.8 Å². The number of aromatic nitrogens is 2. The number of carbonyl (C=O) groups excluding carboxylic acids is 3. The fourth-order valence-electron chi connectivity index (χ4n) is 5.71. The molecule has 10 nitrogen and oxygen atoms in total. The average molecular weight is 599 g/mol. The van der Waals surface area contributed by atoms with Gasteiger partial charge in [0.15, 0.2) is 0 Å². The number of ether oxygens (including phenoxy) is 1. The molecule has 10 heteroatoms. The Labute approximate surface area is 256 Å². The van der Waals surface area contributed by atoms with Gasteiger partial charge in [0.1, 0.15) is 0 Å². The number of methoxy groups -OCH3 is 1. The van der Waals surface area contributed by atoms with E-state index in [0.717, 1.165) is 50.6 Å². The molecule has 4 heterocycles. The number of carboxylic acids is 1. The molecule has 2 aliphatic heterocycles. The van der Waals surface area contributed by atoms with Crippen LogP contribution in [0.25, 0.3) is 12.2 Å². The predicted octanol–water partition coefficient (Wildman–Crippen LogP) is 4.62. The summed E-state index contributed by atoms with van der Waals surface area (Å²) < 4.78 is 4.89. The van der Waals surface area contributed by atoms with Gasteiger partial charge in [-0.2, -0.15) is 0 Å². The number of aliphatic carboxylic acids is 1. The van der Waals surface area contributed by atoms with E-state index in [2.05, 4.69) is 33.8 Å². The van der Waals surface area contributed by atoms with E-state index >= 15 is 0 Å². The lowest BCUT2D eigenvalue weighted by Crippen LogP contribution is -2.15. The maximum atomic E-state index is 12.4. The first-order valence-electron chi connectivity index (χ1n) is 14.3. The normalized spacial score (nSPS) is 16.7. The fourth-order valence-corrected chi connectivity index (χ4v) is 5.71. The van der Waals surface area contributed by atoms with Crippen LogP contribution < -0.4 is 10.6 Å². The largest absolute Gasteiger partial charge is 0.481 e. The van der Waals surface area contributed by atoms with Gasteiger partial charge in [-0.05, 0) is 80.5 Å². The van der Waals surface area contributed by atoms with Crippen molar-refractivity contribution in [2.24, 2.45) is 0 Å². The van der Waals surface area contributed by atoms with Gasteiger partial charge in [-0.1, -0.05) is 25.3 Å². The Hall–Kier alpha value is -5.12. The Balaban J connectivity index is 1.81. The Bertz CT molecular complexity index is 1720. The quantitative estimate of drug-likeness (QED) is 0.225. The summed E-state index contributed by atoms with van der Waals surface area (Å²) in [5.74, 6) is -1.64. The van der Waals surface area contributed by atoms with Crippen molar-refractivity contribution in [1.82, 2.24) is 20.6 Å². The van der Waals surface area contributed by atoms with Crippen LogP contribution >= 0.6 is 0 Å². The van der Waals surface area contributed by atoms with Gasteiger partial charge in [0.2, 0.25) is 0 Å². The van der Waals surface area contributed by atoms with Crippen LogP contribution in [0.3, 0.4) is 0 Å². The summed E-state index contributed by atoms with van der Waals surface area (Å²) in [5, 5.41) is 15.2. The number of allylic oxidation sites excluding steroid dienone is 2. The van der Waals surface area contributed by atoms with Crippen molar-refractivity contribution in [2.75, 3.05) is 7.11 Å². The van der Waals surface area contributed by atoms with Crippen molar-refractivity contribution in [3.8, 4) is 0 Å². The summed E-state index contributed by atoms with van der Waals surface area (Å²) in [5.41, 5.74) is 10.7. The minimum atomic E-state index is -0.906. The summed E-state index contributed by atoms with van der Waals surface area (Å²) in [6.45, 7) is 15.1. The molecule has 0 unspecified atom stereocenters. The van der Waals surface area contributed by atoms with Crippen molar-refractivity contribution >= 4 is 35.9 Å². The highest BCUT2D eigenvalue weighted by molar-refractivity contribution is 6.03. The maximum absolute atomic E-state index is 12.4. The Kier molecular flexibility index (Phi) is 9.42. The first kappa shape index (κ1) is 31.8. The highest BCUT2D eigenvalue weighted by Crippen LogP contribution is 2.31. The number of esters is 1. The van der Waals surface area contributed by atoms with Crippen LogP contribution in [0, 0.1) is 13.8 Å². The molecule has 0 spiro atoms. The first-order valence-corrected chi connectivity index (χ1v) is 14.3. The first-order chi connectivity index (χ1) is 20.9. The van der Waals surface area contributed by atoms with E-state index in [1.54, 1.807) is 13.0 Å². The van der Waals surface area contributed by atoms with Gasteiger partial charge < -0.3 is 30.4 Å². The van der Waals surface area contributed by atoms with Crippen LogP contribution in [0.5, 0.6) is 0 Å². The smallest absolute Gasteiger partial charge is 0.305 e. The molecule has 0 aliphatic carbocycles. The van der Waals surface area contributed by atoms with Gasteiger partial charge in [0.25, 0.3) is 11.8 Å². The number of amides is 2. The SMILES string of the molecule is C=CC1=C(C)/C(=C/c2[nH]c(Cc3[nH]c(/C=C4\NC(=O)C(C)=C4C=C)c(C)c3CCC(=O)O)c(CCC(=O)OC)c2C)NC1=O. The number of carboxylic acid groups (broad SMARTS) is 1. The van der Waals surface area contributed by atoms with Crippen LogP contribution in [-0.4, -0.2) is 45.9 Å². The summed E-state index contributed by atoms with van der Waals surface area (Å²) in [6.07, 6.45) is 8.14. The molecule has 5 N–H and O–H groups in total. The van der Waals surface area contributed by atoms with Crippen LogP contribution in [0.15, 0.2) is 59.0 Å². The minimum absolute atomic E-state index is 0.0530. The van der Waals surface area contributed by atoms with Crippen molar-refractivity contribution in [3.63, 3.8) is 0 Å². The molecule has 0 saturated heterocycles. The molecule has 4 rings (SSSR count). The average Bonchev–Trinajstić information content (AvgIpc) is 3.63. The number of hydrogen-bond acceptors (Lipinski definition) is 5. The number of H-pyrrole nitrogens is 2. The van der Waals surface area contributed by atoms with E-state index in [4.69, 9.17) is 4.74 Å². The van der Waals surface area contributed by atoms with E-state index in [1.807, 2.05) is 32.9 Å². The zero-order valence-corrected chi connectivity index (χ0v) is 25.7. The molecule has 2 aromatic rings. The van der Waals surface area contributed by atoms with Crippen molar-refractivity contribution < 1.29 is 29.0 Å². The molecular formula is C34H38N4O6. The lowest BCUT2D eigenvalue weighted by Gasteiger charge is -2.07. The number of nitrogens with one attached hydrogen (secondary N) is 4. The number of rotatable bonds is 12. The highest BCUT2D eigenvalue weighted by Gasteiger charge is 2.25. The van der Waals surface area contributed by atoms with E-state index in [0.29, 0.717) is 47.4 Å². The Morgan fingerprint density at radius 2 is 1.30 bits per heavy atom. The molecule has 0 aromatic carbocycles. The van der Waals surface area contributed by atoms with E-state index < -0.39 is 5.97 Å². The molecule has 2 amide bonds. The van der Waals surface area contributed by atoms with Crippen LogP contribution in [0.1, 0.15) is 71.7 Å². The maximum Gasteiger partial charge on any atom is 0.305 e. The van der Waals surface area contributed by atoms with Crippen molar-refractivity contribution in [2.45, 2.75) is 59.8 Å². The zero-order valence-electron chi connectivity index (χ0n) is 25.7. The summed E-state index contributed by atoms with van der Waals surface area (Å²) in [6, 6.07) is 0. The van der Waals surface area contributed by atoms with Crippen LogP contribution in [-0.2, 0) is 43.2 Å². The molecular weight excluding hydrogens is 560 g/mol. The summed E-state index contributed by atoms with van der Waals surface area (Å²) in [4.78, 5) is 55.3. The van der Waals surface area contributed by atoms with Crippen LogP contribution in [0.4, 0.5) is 0 Å². The Morgan fingerprint density at radius 1 is 0.773 bits per heavy atom. The molecule has 230 valence electrons. The minimum Gasteiger partial charge on any atom is -0.481 e. The zero-order chi connectivity index (χ0) is 32.3. The van der Waals surface area contributed by atoms with Gasteiger partial charge in [-0.3, -0.25) is 19.2 Å². The van der Waals surface area contributed by atoms with Crippen molar-refractivity contribution in [1.29, 1.82) is 0 Å². The number of hydrogen-bond donors (Lipinski definition) is 5. The van der Waals surface area contributed by atoms with Crippen LogP contribution in [0.2, 0.25) is 0 Å². The molecule has 0 saturated carbocycles. The molecule has 0 bridgehead atoms. The van der Waals surface area contributed by atoms with Gasteiger partial charge in [-0.15, -0.1) is 0 Å². The number of aromatic amines is 2. The summed E-state index contributed by atoms with van der Waals surface area (Å²) in [7, 11) is 1.35. The topological polar surface area (TPSA) is 153 Å². The van der Waals surface area contributed by atoms with Crippen molar-refractivity contribution in [3.05, 3.63) is 104 Å². The molecule has 0 radical (unpaired) electrons. The monoisotopic (exact) mass is 598 g/mol. The molecule has 2 aromatic heterocycles. The molecule has 0 fully saturated rings. The van der Waals surface area contributed by atoms with Gasteiger partial charge >= 0.3 is 11.9 Å². The predicted molar refractivity (Wildman–Crippen MR) is 168 cm³/mol. The Morgan fingerprint density at radius 3 is 1.80 bits per heavy atom. The number of carbonyl (C=O) groups is 4. The highest BCUT2D eigenvalue weighted by atomic mass is 16.5. The van der Waals surface area contributed by atoms with E-state index in [9.17, 15) is 24.3 Å². The van der Waals surface area contributed by atoms with Gasteiger partial charge in [0, 0.05) is 64.5 Å². The van der Waals surface area contributed by atoms with E-state index in [-0.39, 0.29) is 30.6 Å². The third-order valence-electron chi connectivity index (χ3n) is 8.33. The second-order valence-corrected chi connectivity index (χ2v) is 10.9. The second kappa shape index (κ2) is 13.0. The molecule has 0 atom stereocenters. The second-order valence-electron chi connectivity index (χ2n) is 10.9. The standard InChI is InChI=1S/C34H38N4O6/c1-8-21-20(6)33(42)38-28(21)15-26-18(4)23(10-12-31(39)40)29(36-26)16-30-24(11-13-32(41)44-7)19(5)25(35-30)14-27-17(3)22(9-2)34(43)37-27/h8-9,14-15,35-36H,1-2,10-13,16H2,3-7H3,(H,37,43)(H,38,42)(H,39,40)/b27-14-,28-15-. The van der Waals surface area contributed by atoms with Gasteiger partial charge in [-0.25, -0.2) is 0 Å². The lowest BCUT2D eigenvalue weighted by molar-refractivity contribution is -0.140. The van der Waals surface area contributed by atoms with E-state index in [1.165, 1.54) is 13.2 Å². The lowest BCUT2D eigenvalue weighted by atomic mass is 9.98. The third kappa shape index (κ3) is 6.29. The summed E-state index contributed by atoms with van der Waals surface area (Å²) >= 11 is 0. The molecule has 2 aliphatic rings. The fraction of sp³-hybridized carbons (Fsp3) is 0.294.